The average molecular weight is 461 g/mol. The molecule has 5 nitrogen and oxygen atoms in total. The topological polar surface area (TPSA) is 38.8 Å². The number of piperazine rings is 1. The Labute approximate surface area is 205 Å². The van der Waals surface area contributed by atoms with Gasteiger partial charge < -0.3 is 15.1 Å². The molecule has 4 fully saturated rings. The first-order valence-electron chi connectivity index (χ1n) is 12.9. The molecule has 1 aliphatic heterocycles. The summed E-state index contributed by atoms with van der Waals surface area (Å²) < 4.78 is 0. The number of hydrogen-bond acceptors (Lipinski definition) is 4. The van der Waals surface area contributed by atoms with Crippen LogP contribution in [0.15, 0.2) is 60.7 Å². The van der Waals surface area contributed by atoms with E-state index in [-0.39, 0.29) is 17.5 Å². The van der Waals surface area contributed by atoms with Crippen LogP contribution in [0.4, 0.5) is 0 Å². The van der Waals surface area contributed by atoms with Gasteiger partial charge in [0.25, 0.3) is 0 Å². The highest BCUT2D eigenvalue weighted by atomic mass is 16.2. The van der Waals surface area contributed by atoms with Crippen LogP contribution in [0.25, 0.3) is 0 Å². The van der Waals surface area contributed by atoms with Crippen molar-refractivity contribution >= 4 is 5.91 Å². The molecule has 34 heavy (non-hydrogen) atoms. The maximum absolute atomic E-state index is 13.3. The molecule has 1 N–H and O–H groups in total. The highest BCUT2D eigenvalue weighted by molar-refractivity contribution is 5.78. The van der Waals surface area contributed by atoms with Crippen molar-refractivity contribution in [2.75, 3.05) is 53.9 Å². The number of rotatable bonds is 6. The second-order valence-electron chi connectivity index (χ2n) is 11.1. The van der Waals surface area contributed by atoms with Crippen molar-refractivity contribution in [1.29, 1.82) is 0 Å². The molecule has 1 saturated heterocycles. The smallest absolute Gasteiger partial charge is 0.234 e. The highest BCUT2D eigenvalue weighted by Gasteiger charge is 2.57. The van der Waals surface area contributed by atoms with Gasteiger partial charge in [0.2, 0.25) is 5.91 Å². The van der Waals surface area contributed by atoms with E-state index in [4.69, 9.17) is 0 Å². The Morgan fingerprint density at radius 3 is 1.91 bits per heavy atom. The van der Waals surface area contributed by atoms with E-state index in [2.05, 4.69) is 102 Å². The summed E-state index contributed by atoms with van der Waals surface area (Å²) in [5, 5.41) is 3.57. The van der Waals surface area contributed by atoms with Crippen LogP contribution in [0.1, 0.15) is 42.2 Å². The van der Waals surface area contributed by atoms with Gasteiger partial charge in [-0.3, -0.25) is 9.69 Å². The molecule has 3 aliphatic carbocycles. The van der Waals surface area contributed by atoms with Crippen LogP contribution in [-0.4, -0.2) is 86.1 Å². The van der Waals surface area contributed by atoms with Crippen LogP contribution in [0.5, 0.6) is 0 Å². The van der Waals surface area contributed by atoms with Crippen molar-refractivity contribution in [3.05, 3.63) is 71.8 Å². The van der Waals surface area contributed by atoms with Crippen LogP contribution in [0, 0.1) is 5.92 Å². The first-order chi connectivity index (χ1) is 16.4. The summed E-state index contributed by atoms with van der Waals surface area (Å²) in [4.78, 5) is 20.4. The maximum Gasteiger partial charge on any atom is 0.234 e. The fourth-order valence-corrected chi connectivity index (χ4v) is 6.96. The average Bonchev–Trinajstić information content (AvgIpc) is 2.86. The molecule has 4 aliphatic rings. The van der Waals surface area contributed by atoms with Crippen LogP contribution >= 0.6 is 0 Å². The lowest BCUT2D eigenvalue weighted by atomic mass is 9.51. The zero-order valence-corrected chi connectivity index (χ0v) is 21.0. The monoisotopic (exact) mass is 460 g/mol. The molecule has 0 radical (unpaired) electrons. The van der Waals surface area contributed by atoms with Gasteiger partial charge in [0, 0.05) is 37.8 Å². The van der Waals surface area contributed by atoms with Crippen molar-refractivity contribution < 1.29 is 4.79 Å². The number of carbonyl (C=O) groups is 1. The van der Waals surface area contributed by atoms with Gasteiger partial charge in [-0.25, -0.2) is 0 Å². The third-order valence-corrected chi connectivity index (χ3v) is 8.91. The number of carbonyl (C=O) groups excluding carboxylic acids is 1. The van der Waals surface area contributed by atoms with Gasteiger partial charge in [-0.05, 0) is 69.3 Å². The first kappa shape index (κ1) is 23.5. The van der Waals surface area contributed by atoms with Gasteiger partial charge in [-0.15, -0.1) is 0 Å². The normalized spacial score (nSPS) is 32.1. The summed E-state index contributed by atoms with van der Waals surface area (Å²) in [5.74, 6) is 1.47. The molecule has 1 heterocycles. The Balaban J connectivity index is 1.45. The molecular formula is C29H40N4O. The van der Waals surface area contributed by atoms with E-state index in [1.807, 2.05) is 0 Å². The summed E-state index contributed by atoms with van der Waals surface area (Å²) in [7, 11) is 6.63. The Bertz CT molecular complexity index is 905. The number of nitrogens with zero attached hydrogens (tertiary/aromatic N) is 3. The van der Waals surface area contributed by atoms with Crippen molar-refractivity contribution in [1.82, 2.24) is 20.0 Å². The summed E-state index contributed by atoms with van der Waals surface area (Å²) >= 11 is 0. The molecule has 5 heteroatoms. The Kier molecular flexibility index (Phi) is 6.79. The Morgan fingerprint density at radius 1 is 0.882 bits per heavy atom. The maximum atomic E-state index is 13.3. The second kappa shape index (κ2) is 9.80. The minimum absolute atomic E-state index is 0.0849. The molecule has 3 unspecified atom stereocenters. The predicted octanol–water partition coefficient (Wildman–Crippen LogP) is 3.40. The van der Waals surface area contributed by atoms with E-state index >= 15 is 0 Å². The lowest BCUT2D eigenvalue weighted by molar-refractivity contribution is -0.126. The fraction of sp³-hybridized carbons (Fsp3) is 0.552. The van der Waals surface area contributed by atoms with E-state index in [9.17, 15) is 4.79 Å². The van der Waals surface area contributed by atoms with E-state index in [0.717, 1.165) is 45.4 Å². The summed E-state index contributed by atoms with van der Waals surface area (Å²) in [6.45, 7) is 4.53. The predicted molar refractivity (Wildman–Crippen MR) is 138 cm³/mol. The molecule has 3 saturated carbocycles. The standard InChI is InChI=1S/C29H40N4O/c1-31(2)29-18-24(22-10-6-4-7-11-22)28(25(19-29)23-12-8-5-9-13-23)26(20-29)30-27(34)21-33-16-14-32(3)15-17-33/h4-13,24-26,28H,14-21H2,1-3H3,(H,30,34). The number of hydrogen-bond donors (Lipinski definition) is 1. The lowest BCUT2D eigenvalue weighted by Crippen LogP contribution is -2.64. The molecule has 0 spiro atoms. The molecule has 1 amide bonds. The van der Waals surface area contributed by atoms with Gasteiger partial charge in [-0.2, -0.15) is 0 Å². The van der Waals surface area contributed by atoms with Crippen LogP contribution in [-0.2, 0) is 4.79 Å². The molecule has 2 aromatic rings. The van der Waals surface area contributed by atoms with E-state index in [1.165, 1.54) is 11.1 Å². The third-order valence-electron chi connectivity index (χ3n) is 8.91. The Hall–Kier alpha value is -2.21. The number of likely N-dealkylation sites (N-methyl/N-ethyl adjacent to an activating group) is 1. The van der Waals surface area contributed by atoms with Crippen LogP contribution in [0.3, 0.4) is 0 Å². The minimum atomic E-state index is 0.0849. The summed E-state index contributed by atoms with van der Waals surface area (Å²) in [6.07, 6.45) is 3.34. The molecule has 182 valence electrons. The molecule has 2 bridgehead atoms. The van der Waals surface area contributed by atoms with E-state index in [0.29, 0.717) is 24.3 Å². The molecule has 6 rings (SSSR count). The van der Waals surface area contributed by atoms with Crippen LogP contribution < -0.4 is 5.32 Å². The van der Waals surface area contributed by atoms with Crippen molar-refractivity contribution in [2.45, 2.75) is 42.7 Å². The highest BCUT2D eigenvalue weighted by Crippen LogP contribution is 2.59. The minimum Gasteiger partial charge on any atom is -0.352 e. The summed E-state index contributed by atoms with van der Waals surface area (Å²) in [6, 6.07) is 22.2. The molecule has 3 atom stereocenters. The van der Waals surface area contributed by atoms with Gasteiger partial charge in [0.1, 0.15) is 0 Å². The second-order valence-corrected chi connectivity index (χ2v) is 11.1. The largest absolute Gasteiger partial charge is 0.352 e. The molecule has 0 aromatic heterocycles. The molecule has 2 aromatic carbocycles. The summed E-state index contributed by atoms with van der Waals surface area (Å²) in [5.41, 5.74) is 2.91. The van der Waals surface area contributed by atoms with E-state index < -0.39 is 0 Å². The van der Waals surface area contributed by atoms with Crippen molar-refractivity contribution in [2.24, 2.45) is 5.92 Å². The zero-order valence-electron chi connectivity index (χ0n) is 21.0. The van der Waals surface area contributed by atoms with Gasteiger partial charge >= 0.3 is 0 Å². The number of fused-ring (bicyclic) bond motifs is 3. The van der Waals surface area contributed by atoms with Gasteiger partial charge in [0.15, 0.2) is 0 Å². The van der Waals surface area contributed by atoms with E-state index in [1.54, 1.807) is 0 Å². The molecular weight excluding hydrogens is 420 g/mol. The zero-order chi connectivity index (χ0) is 23.7. The third kappa shape index (κ3) is 4.66. The van der Waals surface area contributed by atoms with Crippen molar-refractivity contribution in [3.63, 3.8) is 0 Å². The lowest BCUT2D eigenvalue weighted by Gasteiger charge is -2.61. The van der Waals surface area contributed by atoms with Crippen molar-refractivity contribution in [3.8, 4) is 0 Å². The number of nitrogens with one attached hydrogen (secondary N) is 1. The van der Waals surface area contributed by atoms with Gasteiger partial charge in [-0.1, -0.05) is 60.7 Å². The first-order valence-corrected chi connectivity index (χ1v) is 12.9. The van der Waals surface area contributed by atoms with Gasteiger partial charge in [0.05, 0.1) is 6.54 Å². The quantitative estimate of drug-likeness (QED) is 0.717. The number of amides is 1. The number of benzene rings is 2. The Morgan fingerprint density at radius 2 is 1.41 bits per heavy atom. The van der Waals surface area contributed by atoms with Crippen LogP contribution in [0.2, 0.25) is 0 Å². The SMILES string of the molecule is CN1CCN(CC(=O)NC2CC3(N(C)C)CC(c4ccccc4)C2C(c2ccccc2)C3)CC1. The fourth-order valence-electron chi connectivity index (χ4n) is 6.96.